The third kappa shape index (κ3) is 3.42. The minimum atomic E-state index is -0.00787. The van der Waals surface area contributed by atoms with Crippen LogP contribution in [0.2, 0.25) is 0 Å². The first-order valence-electron chi connectivity index (χ1n) is 9.99. The molecule has 1 amide bonds. The van der Waals surface area contributed by atoms with Crippen molar-refractivity contribution in [1.82, 2.24) is 20.3 Å². The molecule has 1 saturated carbocycles. The van der Waals surface area contributed by atoms with Gasteiger partial charge in [0, 0.05) is 48.5 Å². The van der Waals surface area contributed by atoms with Crippen molar-refractivity contribution in [3.63, 3.8) is 0 Å². The number of hydrogen-bond acceptors (Lipinski definition) is 5. The van der Waals surface area contributed by atoms with Crippen molar-refractivity contribution in [2.45, 2.75) is 37.6 Å². The maximum atomic E-state index is 13.2. The molecule has 1 aromatic carbocycles. The minimum Gasteiger partial charge on any atom is -0.353 e. The summed E-state index contributed by atoms with van der Waals surface area (Å²) in [4.78, 5) is 28.7. The number of pyridine rings is 1. The zero-order valence-electron chi connectivity index (χ0n) is 15.7. The summed E-state index contributed by atoms with van der Waals surface area (Å²) in [7, 11) is 0. The predicted octanol–water partition coefficient (Wildman–Crippen LogP) is 3.30. The molecule has 1 aliphatic carbocycles. The SMILES string of the molecule is O=C(NC1CCCN(c2cnccn2)C1)c1cc(C2CC2)nc2ccccc12. The Morgan fingerprint density at radius 1 is 1.14 bits per heavy atom. The van der Waals surface area contributed by atoms with Crippen molar-refractivity contribution in [1.29, 1.82) is 0 Å². The molecule has 3 aromatic rings. The Morgan fingerprint density at radius 2 is 2.04 bits per heavy atom. The number of fused-ring (bicyclic) bond motifs is 1. The normalized spacial score (nSPS) is 19.6. The van der Waals surface area contributed by atoms with Gasteiger partial charge in [-0.2, -0.15) is 0 Å². The van der Waals surface area contributed by atoms with E-state index in [1.807, 2.05) is 30.3 Å². The number of carbonyl (C=O) groups is 1. The first kappa shape index (κ1) is 17.1. The van der Waals surface area contributed by atoms with Crippen LogP contribution in [0.4, 0.5) is 5.82 Å². The Morgan fingerprint density at radius 3 is 2.86 bits per heavy atom. The largest absolute Gasteiger partial charge is 0.353 e. The van der Waals surface area contributed by atoms with Crippen LogP contribution in [-0.2, 0) is 0 Å². The van der Waals surface area contributed by atoms with Crippen LogP contribution < -0.4 is 10.2 Å². The second-order valence-electron chi connectivity index (χ2n) is 7.71. The van der Waals surface area contributed by atoms with Crippen LogP contribution in [0.5, 0.6) is 0 Å². The number of hydrogen-bond donors (Lipinski definition) is 1. The van der Waals surface area contributed by atoms with Gasteiger partial charge in [0.05, 0.1) is 17.3 Å². The van der Waals surface area contributed by atoms with E-state index in [9.17, 15) is 4.79 Å². The molecule has 1 aliphatic heterocycles. The highest BCUT2D eigenvalue weighted by Gasteiger charge is 2.28. The molecule has 6 heteroatoms. The maximum Gasteiger partial charge on any atom is 0.252 e. The quantitative estimate of drug-likeness (QED) is 0.760. The van der Waals surface area contributed by atoms with Crippen LogP contribution in [0, 0.1) is 0 Å². The summed E-state index contributed by atoms with van der Waals surface area (Å²) in [6, 6.07) is 10.0. The van der Waals surface area contributed by atoms with E-state index in [4.69, 9.17) is 4.98 Å². The Bertz CT molecular complexity index is 1000. The Kier molecular flexibility index (Phi) is 4.39. The molecule has 1 unspecified atom stereocenters. The average Bonchev–Trinajstić information content (AvgIpc) is 3.59. The van der Waals surface area contributed by atoms with Gasteiger partial charge in [-0.05, 0) is 37.8 Å². The van der Waals surface area contributed by atoms with Crippen molar-refractivity contribution < 1.29 is 4.79 Å². The van der Waals surface area contributed by atoms with E-state index in [1.165, 1.54) is 12.8 Å². The molecule has 2 aromatic heterocycles. The van der Waals surface area contributed by atoms with Gasteiger partial charge in [0.25, 0.3) is 5.91 Å². The van der Waals surface area contributed by atoms with E-state index >= 15 is 0 Å². The van der Waals surface area contributed by atoms with Gasteiger partial charge in [-0.1, -0.05) is 18.2 Å². The van der Waals surface area contributed by atoms with E-state index in [0.29, 0.717) is 5.92 Å². The highest BCUT2D eigenvalue weighted by molar-refractivity contribution is 6.06. The second kappa shape index (κ2) is 7.19. The summed E-state index contributed by atoms with van der Waals surface area (Å²) in [5, 5.41) is 4.18. The zero-order chi connectivity index (χ0) is 18.9. The molecule has 0 bridgehead atoms. The lowest BCUT2D eigenvalue weighted by molar-refractivity contribution is 0.0934. The van der Waals surface area contributed by atoms with Gasteiger partial charge in [-0.15, -0.1) is 0 Å². The van der Waals surface area contributed by atoms with Crippen molar-refractivity contribution in [2.24, 2.45) is 0 Å². The summed E-state index contributed by atoms with van der Waals surface area (Å²) in [5.74, 6) is 1.37. The van der Waals surface area contributed by atoms with Gasteiger partial charge in [0.1, 0.15) is 5.82 Å². The standard InChI is InChI=1S/C22H23N5O/c28-22(25-16-4-3-11-27(14-16)21-13-23-9-10-24-21)18-12-20(15-7-8-15)26-19-6-2-1-5-17(18)19/h1-2,5-6,9-10,12-13,15-16H,3-4,7-8,11,14H2,(H,25,28). The van der Waals surface area contributed by atoms with Gasteiger partial charge in [-0.25, -0.2) is 4.98 Å². The number of nitrogens with zero attached hydrogens (tertiary/aromatic N) is 4. The molecule has 142 valence electrons. The number of carbonyl (C=O) groups excluding carboxylic acids is 1. The van der Waals surface area contributed by atoms with Gasteiger partial charge in [0.2, 0.25) is 0 Å². The fourth-order valence-corrected chi connectivity index (χ4v) is 3.99. The number of amides is 1. The number of para-hydroxylation sites is 1. The lowest BCUT2D eigenvalue weighted by atomic mass is 10.0. The average molecular weight is 373 g/mol. The van der Waals surface area contributed by atoms with Crippen molar-refractivity contribution in [3.8, 4) is 0 Å². The molecule has 0 spiro atoms. The third-order valence-electron chi connectivity index (χ3n) is 5.61. The molecule has 1 atom stereocenters. The van der Waals surface area contributed by atoms with Crippen LogP contribution in [0.1, 0.15) is 47.7 Å². The number of benzene rings is 1. The fraction of sp³-hybridized carbons (Fsp3) is 0.364. The monoisotopic (exact) mass is 373 g/mol. The highest BCUT2D eigenvalue weighted by atomic mass is 16.1. The van der Waals surface area contributed by atoms with Crippen molar-refractivity contribution >= 4 is 22.6 Å². The molecular weight excluding hydrogens is 350 g/mol. The lowest BCUT2D eigenvalue weighted by Gasteiger charge is -2.33. The summed E-state index contributed by atoms with van der Waals surface area (Å²) in [6.07, 6.45) is 9.50. The van der Waals surface area contributed by atoms with Gasteiger partial charge in [-0.3, -0.25) is 14.8 Å². The molecule has 2 fully saturated rings. The zero-order valence-corrected chi connectivity index (χ0v) is 15.7. The molecule has 5 rings (SSSR count). The van der Waals surface area contributed by atoms with E-state index in [1.54, 1.807) is 18.6 Å². The van der Waals surface area contributed by atoms with Crippen molar-refractivity contribution in [3.05, 3.63) is 60.2 Å². The van der Waals surface area contributed by atoms with Crippen LogP contribution in [0.3, 0.4) is 0 Å². The van der Waals surface area contributed by atoms with Gasteiger partial charge < -0.3 is 10.2 Å². The molecule has 1 N–H and O–H groups in total. The first-order chi connectivity index (χ1) is 13.8. The molecule has 6 nitrogen and oxygen atoms in total. The smallest absolute Gasteiger partial charge is 0.252 e. The van der Waals surface area contributed by atoms with Gasteiger partial charge in [0.15, 0.2) is 0 Å². The van der Waals surface area contributed by atoms with Crippen LogP contribution in [0.15, 0.2) is 48.9 Å². The van der Waals surface area contributed by atoms with Crippen LogP contribution >= 0.6 is 0 Å². The topological polar surface area (TPSA) is 71.0 Å². The highest BCUT2D eigenvalue weighted by Crippen LogP contribution is 2.40. The fourth-order valence-electron chi connectivity index (χ4n) is 3.99. The Hall–Kier alpha value is -3.02. The van der Waals surface area contributed by atoms with E-state index in [2.05, 4.69) is 20.2 Å². The van der Waals surface area contributed by atoms with E-state index in [0.717, 1.165) is 53.9 Å². The van der Waals surface area contributed by atoms with E-state index in [-0.39, 0.29) is 11.9 Å². The number of piperidine rings is 1. The third-order valence-corrected chi connectivity index (χ3v) is 5.61. The van der Waals surface area contributed by atoms with Crippen LogP contribution in [-0.4, -0.2) is 40.0 Å². The Labute approximate surface area is 164 Å². The van der Waals surface area contributed by atoms with Crippen molar-refractivity contribution in [2.75, 3.05) is 18.0 Å². The number of rotatable bonds is 4. The lowest BCUT2D eigenvalue weighted by Crippen LogP contribution is -2.48. The predicted molar refractivity (Wildman–Crippen MR) is 108 cm³/mol. The minimum absolute atomic E-state index is 0.00787. The summed E-state index contributed by atoms with van der Waals surface area (Å²) in [6.45, 7) is 1.69. The number of anilines is 1. The maximum absolute atomic E-state index is 13.2. The summed E-state index contributed by atoms with van der Waals surface area (Å²) >= 11 is 0. The molecular formula is C22H23N5O. The molecule has 0 radical (unpaired) electrons. The molecule has 2 aliphatic rings. The number of aromatic nitrogens is 3. The first-order valence-corrected chi connectivity index (χ1v) is 9.99. The van der Waals surface area contributed by atoms with Gasteiger partial charge >= 0.3 is 0 Å². The number of nitrogens with one attached hydrogen (secondary N) is 1. The Balaban J connectivity index is 1.38. The molecule has 28 heavy (non-hydrogen) atoms. The summed E-state index contributed by atoms with van der Waals surface area (Å²) < 4.78 is 0. The second-order valence-corrected chi connectivity index (χ2v) is 7.71. The summed E-state index contributed by atoms with van der Waals surface area (Å²) in [5.41, 5.74) is 2.69. The van der Waals surface area contributed by atoms with E-state index < -0.39 is 0 Å². The molecule has 3 heterocycles. The molecule has 1 saturated heterocycles. The van der Waals surface area contributed by atoms with Crippen LogP contribution in [0.25, 0.3) is 10.9 Å².